The van der Waals surface area contributed by atoms with E-state index < -0.39 is 5.97 Å². The van der Waals surface area contributed by atoms with Gasteiger partial charge in [0.05, 0.1) is 12.2 Å². The summed E-state index contributed by atoms with van der Waals surface area (Å²) >= 11 is 0. The first kappa shape index (κ1) is 16.4. The minimum absolute atomic E-state index is 0.0774. The Bertz CT molecular complexity index is 739. The van der Waals surface area contributed by atoms with E-state index >= 15 is 0 Å². The average Bonchev–Trinajstić information content (AvgIpc) is 2.98. The summed E-state index contributed by atoms with van der Waals surface area (Å²) in [5, 5.41) is 13.7. The number of carbonyl (C=O) groups is 1. The van der Waals surface area contributed by atoms with Gasteiger partial charge in [0.15, 0.2) is 11.9 Å². The predicted octanol–water partition coefficient (Wildman–Crippen LogP) is 3.37. The first-order chi connectivity index (χ1) is 11.5. The van der Waals surface area contributed by atoms with E-state index in [0.717, 1.165) is 17.7 Å². The van der Waals surface area contributed by atoms with Gasteiger partial charge in [-0.05, 0) is 18.9 Å². The molecule has 0 amide bonds. The topological polar surface area (TPSA) is 67.6 Å². The second kappa shape index (κ2) is 6.55. The fraction of sp³-hybridized carbons (Fsp3) is 0.444. The second-order valence-electron chi connectivity index (χ2n) is 6.46. The molecule has 1 aliphatic heterocycles. The largest absolute Gasteiger partial charge is 0.476 e. The number of rotatable bonds is 5. The predicted molar refractivity (Wildman–Crippen MR) is 91.4 cm³/mol. The molecule has 24 heavy (non-hydrogen) atoms. The minimum Gasteiger partial charge on any atom is -0.476 e. The Morgan fingerprint density at radius 3 is 2.83 bits per heavy atom. The molecule has 0 unspecified atom stereocenters. The van der Waals surface area contributed by atoms with Crippen molar-refractivity contribution in [2.75, 3.05) is 4.90 Å². The summed E-state index contributed by atoms with van der Waals surface area (Å²) in [6.45, 7) is 7.45. The lowest BCUT2D eigenvalue weighted by atomic mass is 10.0. The highest BCUT2D eigenvalue weighted by atomic mass is 16.5. The molecule has 3 rings (SSSR count). The van der Waals surface area contributed by atoms with E-state index in [1.807, 2.05) is 36.1 Å². The highest BCUT2D eigenvalue weighted by molar-refractivity contribution is 5.92. The van der Waals surface area contributed by atoms with Gasteiger partial charge in [0.1, 0.15) is 5.75 Å². The van der Waals surface area contributed by atoms with Gasteiger partial charge in [-0.3, -0.25) is 4.68 Å². The van der Waals surface area contributed by atoms with Crippen molar-refractivity contribution in [1.29, 1.82) is 0 Å². The summed E-state index contributed by atoms with van der Waals surface area (Å²) in [6.07, 6.45) is 2.41. The summed E-state index contributed by atoms with van der Waals surface area (Å²) in [5.41, 5.74) is 1.75. The zero-order valence-electron chi connectivity index (χ0n) is 14.3. The van der Waals surface area contributed by atoms with E-state index in [0.29, 0.717) is 24.7 Å². The SMILES string of the molecule is CCn1cc(N2Cc3ccccc3O[C@@H]2CC(C)C)c(C(=O)O)n1. The fourth-order valence-electron chi connectivity index (χ4n) is 3.00. The van der Waals surface area contributed by atoms with Crippen LogP contribution < -0.4 is 9.64 Å². The van der Waals surface area contributed by atoms with Crippen LogP contribution in [0.15, 0.2) is 30.5 Å². The molecule has 1 atom stereocenters. The maximum Gasteiger partial charge on any atom is 0.358 e. The molecule has 0 aliphatic carbocycles. The minimum atomic E-state index is -1.01. The van der Waals surface area contributed by atoms with Crippen molar-refractivity contribution in [3.8, 4) is 5.75 Å². The van der Waals surface area contributed by atoms with Crippen LogP contribution in [0.25, 0.3) is 0 Å². The molecule has 6 nitrogen and oxygen atoms in total. The zero-order chi connectivity index (χ0) is 17.3. The first-order valence-corrected chi connectivity index (χ1v) is 8.31. The molecule has 1 aromatic heterocycles. The third-order valence-corrected chi connectivity index (χ3v) is 4.18. The van der Waals surface area contributed by atoms with E-state index in [-0.39, 0.29) is 11.9 Å². The van der Waals surface area contributed by atoms with Crippen molar-refractivity contribution in [3.05, 3.63) is 41.7 Å². The highest BCUT2D eigenvalue weighted by Crippen LogP contribution is 2.34. The Hall–Kier alpha value is -2.50. The number of carboxylic acids is 1. The Kier molecular flexibility index (Phi) is 4.46. The number of aromatic nitrogens is 2. The van der Waals surface area contributed by atoms with Crippen molar-refractivity contribution >= 4 is 11.7 Å². The fourth-order valence-corrected chi connectivity index (χ4v) is 3.00. The number of nitrogens with zero attached hydrogens (tertiary/aromatic N) is 3. The number of hydrogen-bond donors (Lipinski definition) is 1. The number of benzene rings is 1. The third kappa shape index (κ3) is 3.09. The van der Waals surface area contributed by atoms with Crippen molar-refractivity contribution in [1.82, 2.24) is 9.78 Å². The Morgan fingerprint density at radius 1 is 1.42 bits per heavy atom. The van der Waals surface area contributed by atoms with E-state index in [1.54, 1.807) is 10.9 Å². The number of aryl methyl sites for hydroxylation is 1. The van der Waals surface area contributed by atoms with Crippen LogP contribution in [0.2, 0.25) is 0 Å². The monoisotopic (exact) mass is 329 g/mol. The van der Waals surface area contributed by atoms with Gasteiger partial charge in [-0.15, -0.1) is 0 Å². The molecule has 0 spiro atoms. The molecule has 128 valence electrons. The molecule has 1 aliphatic rings. The van der Waals surface area contributed by atoms with Gasteiger partial charge in [-0.1, -0.05) is 32.0 Å². The molecule has 6 heteroatoms. The number of para-hydroxylation sites is 1. The number of fused-ring (bicyclic) bond motifs is 1. The van der Waals surface area contributed by atoms with Crippen molar-refractivity contribution < 1.29 is 14.6 Å². The van der Waals surface area contributed by atoms with Gasteiger partial charge in [0.25, 0.3) is 0 Å². The van der Waals surface area contributed by atoms with Crippen molar-refractivity contribution in [2.45, 2.75) is 46.5 Å². The molecular formula is C18H23N3O3. The van der Waals surface area contributed by atoms with E-state index in [9.17, 15) is 9.90 Å². The Morgan fingerprint density at radius 2 is 2.17 bits per heavy atom. The third-order valence-electron chi connectivity index (χ3n) is 4.18. The molecule has 0 saturated heterocycles. The molecule has 2 heterocycles. The van der Waals surface area contributed by atoms with Gasteiger partial charge in [0.2, 0.25) is 0 Å². The van der Waals surface area contributed by atoms with Crippen LogP contribution in [0.3, 0.4) is 0 Å². The lowest BCUT2D eigenvalue weighted by Gasteiger charge is -2.38. The lowest BCUT2D eigenvalue weighted by Crippen LogP contribution is -2.44. The summed E-state index contributed by atoms with van der Waals surface area (Å²) in [7, 11) is 0. The molecule has 0 fully saturated rings. The number of hydrogen-bond acceptors (Lipinski definition) is 4. The van der Waals surface area contributed by atoms with Crippen molar-refractivity contribution in [3.63, 3.8) is 0 Å². The highest BCUT2D eigenvalue weighted by Gasteiger charge is 2.32. The van der Waals surface area contributed by atoms with Crippen LogP contribution in [0, 0.1) is 5.92 Å². The van der Waals surface area contributed by atoms with Gasteiger partial charge in [0, 0.05) is 24.7 Å². The van der Waals surface area contributed by atoms with Gasteiger partial charge in [-0.25, -0.2) is 4.79 Å². The van der Waals surface area contributed by atoms with Crippen molar-refractivity contribution in [2.24, 2.45) is 5.92 Å². The Labute approximate surface area is 141 Å². The van der Waals surface area contributed by atoms with E-state index in [2.05, 4.69) is 18.9 Å². The maximum absolute atomic E-state index is 11.6. The summed E-state index contributed by atoms with van der Waals surface area (Å²) in [5.74, 6) is 0.288. The van der Waals surface area contributed by atoms with E-state index in [4.69, 9.17) is 4.74 Å². The molecule has 2 aromatic rings. The molecule has 1 aromatic carbocycles. The summed E-state index contributed by atoms with van der Waals surface area (Å²) in [6, 6.07) is 7.90. The van der Waals surface area contributed by atoms with Crippen LogP contribution >= 0.6 is 0 Å². The van der Waals surface area contributed by atoms with Crippen LogP contribution in [0.4, 0.5) is 5.69 Å². The van der Waals surface area contributed by atoms with Gasteiger partial charge < -0.3 is 14.7 Å². The second-order valence-corrected chi connectivity index (χ2v) is 6.46. The quantitative estimate of drug-likeness (QED) is 0.911. The smallest absolute Gasteiger partial charge is 0.358 e. The number of aromatic carboxylic acids is 1. The van der Waals surface area contributed by atoms with Crippen LogP contribution in [0.1, 0.15) is 43.2 Å². The van der Waals surface area contributed by atoms with Gasteiger partial charge in [-0.2, -0.15) is 5.10 Å². The number of carboxylic acid groups (broad SMARTS) is 1. The molecule has 0 bridgehead atoms. The normalized spacial score (nSPS) is 16.8. The lowest BCUT2D eigenvalue weighted by molar-refractivity contribution is 0.0689. The van der Waals surface area contributed by atoms with Crippen LogP contribution in [-0.4, -0.2) is 27.1 Å². The molecule has 0 saturated carbocycles. The standard InChI is InChI=1S/C18H23N3O3/c1-4-20-11-14(17(19-20)18(22)23)21-10-13-7-5-6-8-15(13)24-16(21)9-12(2)3/h5-8,11-12,16H,4,9-10H2,1-3H3,(H,22,23)/t16-/m1/s1. The first-order valence-electron chi connectivity index (χ1n) is 8.31. The zero-order valence-corrected chi connectivity index (χ0v) is 14.3. The Balaban J connectivity index is 2.03. The number of anilines is 1. The number of ether oxygens (including phenoxy) is 1. The summed E-state index contributed by atoms with van der Waals surface area (Å²) < 4.78 is 7.84. The molecule has 1 N–H and O–H groups in total. The van der Waals surface area contributed by atoms with Gasteiger partial charge >= 0.3 is 5.97 Å². The maximum atomic E-state index is 11.6. The van der Waals surface area contributed by atoms with Crippen LogP contribution in [0.5, 0.6) is 5.75 Å². The summed E-state index contributed by atoms with van der Waals surface area (Å²) in [4.78, 5) is 13.6. The molecule has 0 radical (unpaired) electrons. The average molecular weight is 329 g/mol. The molecular weight excluding hydrogens is 306 g/mol. The van der Waals surface area contributed by atoms with Crippen LogP contribution in [-0.2, 0) is 13.1 Å². The van der Waals surface area contributed by atoms with E-state index in [1.165, 1.54) is 0 Å².